The first-order valence-corrected chi connectivity index (χ1v) is 5.15. The normalized spacial score (nSPS) is 11.6. The molecule has 0 atom stereocenters. The molecule has 0 heterocycles. The monoisotopic (exact) mass is 215 g/mol. The third-order valence-electron chi connectivity index (χ3n) is 1.84. The van der Waals surface area contributed by atoms with Crippen molar-refractivity contribution in [1.29, 1.82) is 0 Å². The highest BCUT2D eigenvalue weighted by molar-refractivity contribution is 5.85. The van der Waals surface area contributed by atoms with E-state index in [1.165, 1.54) is 4.90 Å². The Balaban J connectivity index is 4.62. The Bertz CT molecular complexity index is 241. The van der Waals surface area contributed by atoms with Crippen molar-refractivity contribution < 1.29 is 14.7 Å². The summed E-state index contributed by atoms with van der Waals surface area (Å²) in [4.78, 5) is 23.9. The van der Waals surface area contributed by atoms with Gasteiger partial charge >= 0.3 is 5.97 Å². The van der Waals surface area contributed by atoms with Gasteiger partial charge in [0, 0.05) is 12.0 Å². The van der Waals surface area contributed by atoms with Crippen molar-refractivity contribution in [2.45, 2.75) is 34.6 Å². The van der Waals surface area contributed by atoms with Gasteiger partial charge in [0.2, 0.25) is 5.91 Å². The molecule has 0 unspecified atom stereocenters. The van der Waals surface area contributed by atoms with E-state index in [4.69, 9.17) is 5.11 Å². The number of hydrogen-bond acceptors (Lipinski definition) is 2. The van der Waals surface area contributed by atoms with E-state index in [0.717, 1.165) is 0 Å². The van der Waals surface area contributed by atoms with Crippen LogP contribution < -0.4 is 0 Å². The molecular formula is C11H21NO3. The lowest BCUT2D eigenvalue weighted by Crippen LogP contribution is -2.44. The summed E-state index contributed by atoms with van der Waals surface area (Å²) in [6, 6.07) is 0. The lowest BCUT2D eigenvalue weighted by Gasteiger charge is -2.29. The lowest BCUT2D eigenvalue weighted by molar-refractivity contribution is -0.148. The zero-order valence-electron chi connectivity index (χ0n) is 10.2. The van der Waals surface area contributed by atoms with Crippen molar-refractivity contribution in [3.05, 3.63) is 0 Å². The van der Waals surface area contributed by atoms with Gasteiger partial charge < -0.3 is 10.0 Å². The maximum atomic E-state index is 11.9. The average Bonchev–Trinajstić information content (AvgIpc) is 1.98. The second kappa shape index (κ2) is 5.14. The summed E-state index contributed by atoms with van der Waals surface area (Å²) in [7, 11) is 0. The van der Waals surface area contributed by atoms with Crippen LogP contribution in [0.25, 0.3) is 0 Å². The molecule has 4 heteroatoms. The summed E-state index contributed by atoms with van der Waals surface area (Å²) in [6.07, 6.45) is 0. The van der Waals surface area contributed by atoms with Crippen molar-refractivity contribution >= 4 is 11.9 Å². The smallest absolute Gasteiger partial charge is 0.323 e. The van der Waals surface area contributed by atoms with Crippen molar-refractivity contribution in [2.75, 3.05) is 13.1 Å². The van der Waals surface area contributed by atoms with E-state index in [1.54, 1.807) is 20.8 Å². The molecule has 0 saturated heterocycles. The van der Waals surface area contributed by atoms with E-state index in [9.17, 15) is 9.59 Å². The number of amides is 1. The number of nitrogens with zero attached hydrogens (tertiary/aromatic N) is 1. The van der Waals surface area contributed by atoms with Crippen LogP contribution in [0.5, 0.6) is 0 Å². The van der Waals surface area contributed by atoms with E-state index in [2.05, 4.69) is 0 Å². The van der Waals surface area contributed by atoms with Crippen LogP contribution >= 0.6 is 0 Å². The Labute approximate surface area is 91.3 Å². The molecule has 0 aromatic rings. The summed E-state index contributed by atoms with van der Waals surface area (Å²) >= 11 is 0. The van der Waals surface area contributed by atoms with Crippen LogP contribution in [-0.2, 0) is 9.59 Å². The van der Waals surface area contributed by atoms with Crippen LogP contribution in [0.3, 0.4) is 0 Å². The summed E-state index contributed by atoms with van der Waals surface area (Å²) < 4.78 is 0. The fourth-order valence-corrected chi connectivity index (χ4v) is 1.30. The molecule has 0 rings (SSSR count). The molecule has 1 amide bonds. The lowest BCUT2D eigenvalue weighted by atomic mass is 9.94. The fraction of sp³-hybridized carbons (Fsp3) is 0.818. The molecular weight excluding hydrogens is 194 g/mol. The van der Waals surface area contributed by atoms with Gasteiger partial charge in [0.1, 0.15) is 6.54 Å². The standard InChI is InChI=1S/C11H21NO3/c1-8(2)6-12(7-9(13)14)10(15)11(3,4)5/h8H,6-7H2,1-5H3,(H,13,14). The first-order valence-electron chi connectivity index (χ1n) is 5.15. The van der Waals surface area contributed by atoms with Gasteiger partial charge in [-0.05, 0) is 5.92 Å². The van der Waals surface area contributed by atoms with E-state index in [0.29, 0.717) is 6.54 Å². The van der Waals surface area contributed by atoms with Crippen molar-refractivity contribution in [1.82, 2.24) is 4.90 Å². The van der Waals surface area contributed by atoms with Crippen LogP contribution in [0, 0.1) is 11.3 Å². The Morgan fingerprint density at radius 3 is 2.00 bits per heavy atom. The van der Waals surface area contributed by atoms with Crippen LogP contribution in [0.2, 0.25) is 0 Å². The average molecular weight is 215 g/mol. The largest absolute Gasteiger partial charge is 0.480 e. The third kappa shape index (κ3) is 5.40. The highest BCUT2D eigenvalue weighted by Crippen LogP contribution is 2.18. The van der Waals surface area contributed by atoms with Gasteiger partial charge in [-0.2, -0.15) is 0 Å². The zero-order chi connectivity index (χ0) is 12.2. The molecule has 0 saturated carbocycles. The van der Waals surface area contributed by atoms with E-state index in [-0.39, 0.29) is 18.4 Å². The number of rotatable bonds is 4. The maximum Gasteiger partial charge on any atom is 0.323 e. The minimum atomic E-state index is -0.965. The number of hydrogen-bond donors (Lipinski definition) is 1. The second-order valence-corrected chi connectivity index (χ2v) is 5.22. The second-order valence-electron chi connectivity index (χ2n) is 5.22. The van der Waals surface area contributed by atoms with Crippen molar-refractivity contribution in [3.63, 3.8) is 0 Å². The maximum absolute atomic E-state index is 11.9. The molecule has 0 spiro atoms. The number of carbonyl (C=O) groups excluding carboxylic acids is 1. The molecule has 0 aliphatic rings. The zero-order valence-corrected chi connectivity index (χ0v) is 10.2. The fourth-order valence-electron chi connectivity index (χ4n) is 1.30. The summed E-state index contributed by atoms with van der Waals surface area (Å²) in [5.74, 6) is -0.803. The van der Waals surface area contributed by atoms with E-state index in [1.807, 2.05) is 13.8 Å². The molecule has 0 aliphatic heterocycles. The predicted octanol–water partition coefficient (Wildman–Crippen LogP) is 1.60. The van der Waals surface area contributed by atoms with Crippen molar-refractivity contribution in [3.8, 4) is 0 Å². The molecule has 0 radical (unpaired) electrons. The SMILES string of the molecule is CC(C)CN(CC(=O)O)C(=O)C(C)(C)C. The quantitative estimate of drug-likeness (QED) is 0.775. The van der Waals surface area contributed by atoms with Crippen molar-refractivity contribution in [2.24, 2.45) is 11.3 Å². The Kier molecular flexibility index (Phi) is 4.78. The van der Waals surface area contributed by atoms with Gasteiger partial charge in [0.25, 0.3) is 0 Å². The summed E-state index contributed by atoms with van der Waals surface area (Å²) in [6.45, 7) is 9.59. The molecule has 0 bridgehead atoms. The predicted molar refractivity (Wildman–Crippen MR) is 58.5 cm³/mol. The third-order valence-corrected chi connectivity index (χ3v) is 1.84. The van der Waals surface area contributed by atoms with Crippen LogP contribution in [-0.4, -0.2) is 35.0 Å². The number of aliphatic carboxylic acids is 1. The summed E-state index contributed by atoms with van der Waals surface area (Å²) in [5, 5.41) is 8.72. The molecule has 0 fully saturated rings. The molecule has 88 valence electrons. The Morgan fingerprint density at radius 2 is 1.73 bits per heavy atom. The van der Waals surface area contributed by atoms with Gasteiger partial charge in [0.15, 0.2) is 0 Å². The summed E-state index contributed by atoms with van der Waals surface area (Å²) in [5.41, 5.74) is -0.523. The van der Waals surface area contributed by atoms with Gasteiger partial charge in [-0.15, -0.1) is 0 Å². The molecule has 0 aromatic carbocycles. The van der Waals surface area contributed by atoms with Crippen LogP contribution in [0.4, 0.5) is 0 Å². The first kappa shape index (κ1) is 13.9. The molecule has 0 aliphatic carbocycles. The Morgan fingerprint density at radius 1 is 1.27 bits per heavy atom. The first-order chi connectivity index (χ1) is 6.64. The minimum absolute atomic E-state index is 0.112. The minimum Gasteiger partial charge on any atom is -0.480 e. The van der Waals surface area contributed by atoms with Gasteiger partial charge in [-0.1, -0.05) is 34.6 Å². The number of carbonyl (C=O) groups is 2. The molecule has 0 aromatic heterocycles. The Hall–Kier alpha value is -1.06. The number of carboxylic acid groups (broad SMARTS) is 1. The highest BCUT2D eigenvalue weighted by atomic mass is 16.4. The topological polar surface area (TPSA) is 57.6 Å². The molecule has 4 nitrogen and oxygen atoms in total. The van der Waals surface area contributed by atoms with Crippen LogP contribution in [0.15, 0.2) is 0 Å². The van der Waals surface area contributed by atoms with Crippen LogP contribution in [0.1, 0.15) is 34.6 Å². The molecule has 1 N–H and O–H groups in total. The van der Waals surface area contributed by atoms with E-state index >= 15 is 0 Å². The van der Waals surface area contributed by atoms with Gasteiger partial charge in [-0.25, -0.2) is 0 Å². The van der Waals surface area contributed by atoms with Gasteiger partial charge in [0.05, 0.1) is 0 Å². The van der Waals surface area contributed by atoms with E-state index < -0.39 is 11.4 Å². The van der Waals surface area contributed by atoms with Gasteiger partial charge in [-0.3, -0.25) is 9.59 Å². The number of carboxylic acids is 1. The molecule has 15 heavy (non-hydrogen) atoms. The highest BCUT2D eigenvalue weighted by Gasteiger charge is 2.28.